The third kappa shape index (κ3) is 3.33. The minimum absolute atomic E-state index is 0.398. The van der Waals surface area contributed by atoms with E-state index in [1.165, 1.54) is 12.8 Å². The lowest BCUT2D eigenvalue weighted by atomic mass is 10.2. The molecule has 0 unspecified atom stereocenters. The highest BCUT2D eigenvalue weighted by Crippen LogP contribution is 2.29. The van der Waals surface area contributed by atoms with Crippen LogP contribution in [-0.2, 0) is 0 Å². The van der Waals surface area contributed by atoms with Gasteiger partial charge in [0.05, 0.1) is 7.11 Å². The van der Waals surface area contributed by atoms with E-state index in [2.05, 4.69) is 30.5 Å². The Labute approximate surface area is 145 Å². The molecule has 8 nitrogen and oxygen atoms in total. The van der Waals surface area contributed by atoms with Crippen molar-refractivity contribution in [1.82, 2.24) is 20.3 Å². The van der Waals surface area contributed by atoms with Gasteiger partial charge in [0, 0.05) is 18.8 Å². The van der Waals surface area contributed by atoms with Crippen molar-refractivity contribution in [2.24, 2.45) is 0 Å². The van der Waals surface area contributed by atoms with E-state index in [4.69, 9.17) is 9.37 Å². The molecule has 0 amide bonds. The molecule has 0 atom stereocenters. The highest BCUT2D eigenvalue weighted by Gasteiger charge is 2.19. The summed E-state index contributed by atoms with van der Waals surface area (Å²) >= 11 is 0. The lowest BCUT2D eigenvalue weighted by Crippen LogP contribution is -2.26. The molecule has 0 spiro atoms. The van der Waals surface area contributed by atoms with Gasteiger partial charge in [-0.3, -0.25) is 0 Å². The van der Waals surface area contributed by atoms with Crippen LogP contribution in [0.15, 0.2) is 28.9 Å². The fourth-order valence-corrected chi connectivity index (χ4v) is 3.03. The van der Waals surface area contributed by atoms with Crippen LogP contribution in [-0.4, -0.2) is 40.5 Å². The molecule has 2 aromatic heterocycles. The van der Waals surface area contributed by atoms with Crippen LogP contribution in [0.25, 0.3) is 11.3 Å². The number of anilines is 3. The van der Waals surface area contributed by atoms with Gasteiger partial charge in [-0.15, -0.1) is 0 Å². The van der Waals surface area contributed by atoms with Crippen molar-refractivity contribution in [1.29, 1.82) is 0 Å². The molecule has 4 rings (SSSR count). The van der Waals surface area contributed by atoms with E-state index in [0.29, 0.717) is 17.1 Å². The summed E-state index contributed by atoms with van der Waals surface area (Å²) in [6.07, 6.45) is 4.80. The van der Waals surface area contributed by atoms with Crippen molar-refractivity contribution in [2.45, 2.75) is 25.7 Å². The normalized spacial score (nSPS) is 15.2. The summed E-state index contributed by atoms with van der Waals surface area (Å²) in [6.45, 7) is 1.92. The number of hydrogen-bond donors (Lipinski definition) is 1. The first kappa shape index (κ1) is 15.6. The maximum absolute atomic E-state index is 5.20. The van der Waals surface area contributed by atoms with E-state index in [1.54, 1.807) is 7.11 Å². The molecule has 0 saturated carbocycles. The number of benzene rings is 1. The Morgan fingerprint density at radius 2 is 1.64 bits per heavy atom. The van der Waals surface area contributed by atoms with Crippen molar-refractivity contribution in [3.63, 3.8) is 0 Å². The molecule has 0 aliphatic carbocycles. The van der Waals surface area contributed by atoms with E-state index in [9.17, 15) is 0 Å². The fraction of sp³-hybridized carbons (Fsp3) is 0.412. The van der Waals surface area contributed by atoms with Crippen molar-refractivity contribution < 1.29 is 9.37 Å². The van der Waals surface area contributed by atoms with Gasteiger partial charge < -0.3 is 15.0 Å². The number of ether oxygens (including phenoxy) is 1. The molecule has 1 aromatic carbocycles. The second-order valence-corrected chi connectivity index (χ2v) is 6.06. The Bertz CT molecular complexity index is 840. The van der Waals surface area contributed by atoms with E-state index in [-0.39, 0.29) is 0 Å². The van der Waals surface area contributed by atoms with E-state index in [1.807, 2.05) is 24.3 Å². The quantitative estimate of drug-likeness (QED) is 0.775. The highest BCUT2D eigenvalue weighted by atomic mass is 16.6. The lowest BCUT2D eigenvalue weighted by molar-refractivity contribution is 0.314. The van der Waals surface area contributed by atoms with Crippen LogP contribution < -0.4 is 15.0 Å². The monoisotopic (exact) mass is 340 g/mol. The SMILES string of the molecule is COc1ccc(Nc2nc3nonc3nc2N2CCCCCC2)cc1. The summed E-state index contributed by atoms with van der Waals surface area (Å²) in [6, 6.07) is 7.69. The Kier molecular flexibility index (Phi) is 4.32. The van der Waals surface area contributed by atoms with Gasteiger partial charge >= 0.3 is 0 Å². The Morgan fingerprint density at radius 3 is 2.32 bits per heavy atom. The molecule has 1 N–H and O–H groups in total. The van der Waals surface area contributed by atoms with Crippen molar-refractivity contribution >= 4 is 28.6 Å². The molecule has 1 aliphatic heterocycles. The van der Waals surface area contributed by atoms with Crippen molar-refractivity contribution in [3.05, 3.63) is 24.3 Å². The van der Waals surface area contributed by atoms with Gasteiger partial charge in [-0.25, -0.2) is 14.6 Å². The molecule has 3 aromatic rings. The number of rotatable bonds is 4. The number of methoxy groups -OCH3 is 1. The molecular formula is C17H20N6O2. The fourth-order valence-electron chi connectivity index (χ4n) is 3.03. The Hall–Kier alpha value is -2.90. The maximum Gasteiger partial charge on any atom is 0.245 e. The van der Waals surface area contributed by atoms with Gasteiger partial charge in [0.2, 0.25) is 11.3 Å². The third-order valence-corrected chi connectivity index (χ3v) is 4.35. The highest BCUT2D eigenvalue weighted by molar-refractivity contribution is 5.77. The van der Waals surface area contributed by atoms with Crippen LogP contribution in [0.2, 0.25) is 0 Å². The zero-order chi connectivity index (χ0) is 17.1. The number of nitrogens with one attached hydrogen (secondary N) is 1. The Morgan fingerprint density at radius 1 is 0.960 bits per heavy atom. The largest absolute Gasteiger partial charge is 0.497 e. The van der Waals surface area contributed by atoms with Crippen molar-refractivity contribution in [3.8, 4) is 5.75 Å². The maximum atomic E-state index is 5.20. The summed E-state index contributed by atoms with van der Waals surface area (Å²) in [5, 5.41) is 11.0. The van der Waals surface area contributed by atoms with Crippen molar-refractivity contribution in [2.75, 3.05) is 30.4 Å². The first-order valence-electron chi connectivity index (χ1n) is 8.50. The first-order chi connectivity index (χ1) is 12.3. The molecule has 3 heterocycles. The average molecular weight is 340 g/mol. The second-order valence-electron chi connectivity index (χ2n) is 6.06. The third-order valence-electron chi connectivity index (χ3n) is 4.35. The molecule has 130 valence electrons. The van der Waals surface area contributed by atoms with Gasteiger partial charge in [-0.1, -0.05) is 12.8 Å². The molecular weight excluding hydrogens is 320 g/mol. The zero-order valence-corrected chi connectivity index (χ0v) is 14.1. The molecule has 1 fully saturated rings. The predicted molar refractivity (Wildman–Crippen MR) is 94.4 cm³/mol. The van der Waals surface area contributed by atoms with E-state index >= 15 is 0 Å². The summed E-state index contributed by atoms with van der Waals surface area (Å²) in [7, 11) is 1.65. The summed E-state index contributed by atoms with van der Waals surface area (Å²) < 4.78 is 9.98. The minimum atomic E-state index is 0.398. The molecule has 0 radical (unpaired) electrons. The van der Waals surface area contributed by atoms with Gasteiger partial charge in [0.25, 0.3) is 0 Å². The van der Waals surface area contributed by atoms with Crippen LogP contribution in [0.3, 0.4) is 0 Å². The Balaban J connectivity index is 1.70. The van der Waals surface area contributed by atoms with Crippen LogP contribution in [0.4, 0.5) is 17.3 Å². The molecule has 8 heteroatoms. The second kappa shape index (κ2) is 6.92. The van der Waals surface area contributed by atoms with Crippen LogP contribution in [0.5, 0.6) is 5.75 Å². The minimum Gasteiger partial charge on any atom is -0.497 e. The summed E-state index contributed by atoms with van der Waals surface area (Å²) in [5.74, 6) is 2.26. The first-order valence-corrected chi connectivity index (χ1v) is 8.50. The zero-order valence-electron chi connectivity index (χ0n) is 14.1. The average Bonchev–Trinajstić information content (AvgIpc) is 2.93. The van der Waals surface area contributed by atoms with Gasteiger partial charge in [-0.2, -0.15) is 0 Å². The molecule has 0 bridgehead atoms. The number of nitrogens with zero attached hydrogens (tertiary/aromatic N) is 5. The number of hydrogen-bond acceptors (Lipinski definition) is 8. The van der Waals surface area contributed by atoms with Gasteiger partial charge in [0.1, 0.15) is 5.75 Å². The summed E-state index contributed by atoms with van der Waals surface area (Å²) in [5.41, 5.74) is 1.73. The topological polar surface area (TPSA) is 89.2 Å². The predicted octanol–water partition coefficient (Wildman–Crippen LogP) is 3.15. The van der Waals surface area contributed by atoms with Gasteiger partial charge in [-0.05, 0) is 47.4 Å². The van der Waals surface area contributed by atoms with Crippen LogP contribution in [0.1, 0.15) is 25.7 Å². The standard InChI is InChI=1S/C17H20N6O2/c1-24-13-8-6-12(7-9-13)18-16-17(23-10-4-2-3-5-11-23)20-15-14(19-16)21-25-22-15/h6-9H,2-5,10-11H2,1H3,(H,18,19,21). The number of fused-ring (bicyclic) bond motifs is 1. The van der Waals surface area contributed by atoms with Gasteiger partial charge in [0.15, 0.2) is 11.6 Å². The van der Waals surface area contributed by atoms with E-state index < -0.39 is 0 Å². The smallest absolute Gasteiger partial charge is 0.245 e. The van der Waals surface area contributed by atoms with Crippen LogP contribution in [0, 0.1) is 0 Å². The summed E-state index contributed by atoms with van der Waals surface area (Å²) in [4.78, 5) is 11.5. The van der Waals surface area contributed by atoms with E-state index in [0.717, 1.165) is 43.2 Å². The number of aromatic nitrogens is 4. The lowest BCUT2D eigenvalue weighted by Gasteiger charge is -2.23. The van der Waals surface area contributed by atoms with Crippen LogP contribution >= 0.6 is 0 Å². The molecule has 25 heavy (non-hydrogen) atoms. The molecule has 1 aliphatic rings. The molecule has 1 saturated heterocycles.